The molecule has 1 fully saturated rings. The normalized spacial score (nSPS) is 14.3. The number of pyridine rings is 1. The molecule has 1 N–H and O–H groups in total. The van der Waals surface area contributed by atoms with Gasteiger partial charge in [0.15, 0.2) is 0 Å². The summed E-state index contributed by atoms with van der Waals surface area (Å²) in [7, 11) is 0. The van der Waals surface area contributed by atoms with Crippen molar-refractivity contribution in [1.82, 2.24) is 4.98 Å². The first kappa shape index (κ1) is 12.0. The number of hydrogen-bond donors (Lipinski definition) is 1. The highest BCUT2D eigenvalue weighted by molar-refractivity contribution is 5.82. The lowest BCUT2D eigenvalue weighted by molar-refractivity contribution is 0.686. The SMILES string of the molecule is N#Cc1cc2ccccc2nc1NCCCC1CC1. The predicted octanol–water partition coefficient (Wildman–Crippen LogP) is 3.71. The summed E-state index contributed by atoms with van der Waals surface area (Å²) in [5, 5.41) is 13.5. The van der Waals surface area contributed by atoms with Gasteiger partial charge in [0.05, 0.1) is 11.1 Å². The van der Waals surface area contributed by atoms with Crippen molar-refractivity contribution in [1.29, 1.82) is 5.26 Å². The van der Waals surface area contributed by atoms with E-state index in [9.17, 15) is 5.26 Å². The molecule has 1 aromatic heterocycles. The van der Waals surface area contributed by atoms with Crippen LogP contribution in [0.25, 0.3) is 10.9 Å². The number of hydrogen-bond acceptors (Lipinski definition) is 3. The maximum absolute atomic E-state index is 9.20. The number of anilines is 1. The fourth-order valence-electron chi connectivity index (χ4n) is 2.34. The summed E-state index contributed by atoms with van der Waals surface area (Å²) >= 11 is 0. The second kappa shape index (κ2) is 5.27. The van der Waals surface area contributed by atoms with Crippen molar-refractivity contribution in [3.8, 4) is 6.07 Å². The molecule has 0 amide bonds. The molecule has 0 saturated heterocycles. The number of aromatic nitrogens is 1. The molecule has 0 unspecified atom stereocenters. The Morgan fingerprint density at radius 3 is 2.95 bits per heavy atom. The highest BCUT2D eigenvalue weighted by Gasteiger charge is 2.20. The number of nitrogens with one attached hydrogen (secondary N) is 1. The Morgan fingerprint density at radius 1 is 1.32 bits per heavy atom. The van der Waals surface area contributed by atoms with Gasteiger partial charge < -0.3 is 5.32 Å². The molecule has 1 heterocycles. The van der Waals surface area contributed by atoms with Crippen LogP contribution in [0.5, 0.6) is 0 Å². The molecule has 0 spiro atoms. The van der Waals surface area contributed by atoms with E-state index in [1.165, 1.54) is 19.3 Å². The van der Waals surface area contributed by atoms with Gasteiger partial charge in [-0.1, -0.05) is 31.0 Å². The quantitative estimate of drug-likeness (QED) is 0.824. The Labute approximate surface area is 113 Å². The van der Waals surface area contributed by atoms with E-state index in [0.717, 1.165) is 35.6 Å². The summed E-state index contributed by atoms with van der Waals surface area (Å²) in [6.45, 7) is 0.899. The van der Waals surface area contributed by atoms with Gasteiger partial charge in [0, 0.05) is 11.9 Å². The van der Waals surface area contributed by atoms with E-state index in [4.69, 9.17) is 0 Å². The highest BCUT2D eigenvalue weighted by atomic mass is 15.0. The molecule has 3 nitrogen and oxygen atoms in total. The van der Waals surface area contributed by atoms with Crippen molar-refractivity contribution >= 4 is 16.7 Å². The Kier molecular flexibility index (Phi) is 3.33. The molecular weight excluding hydrogens is 234 g/mol. The summed E-state index contributed by atoms with van der Waals surface area (Å²) in [6.07, 6.45) is 5.25. The summed E-state index contributed by atoms with van der Waals surface area (Å²) in [6, 6.07) is 12.0. The second-order valence-electron chi connectivity index (χ2n) is 5.20. The lowest BCUT2D eigenvalue weighted by Crippen LogP contribution is -2.05. The van der Waals surface area contributed by atoms with E-state index in [1.54, 1.807) is 0 Å². The van der Waals surface area contributed by atoms with Crippen LogP contribution in [0.3, 0.4) is 0 Å². The molecule has 0 aliphatic heterocycles. The fourth-order valence-corrected chi connectivity index (χ4v) is 2.34. The smallest absolute Gasteiger partial charge is 0.144 e. The van der Waals surface area contributed by atoms with Gasteiger partial charge in [0.2, 0.25) is 0 Å². The molecule has 2 aromatic rings. The topological polar surface area (TPSA) is 48.7 Å². The van der Waals surface area contributed by atoms with Crippen LogP contribution in [-0.2, 0) is 0 Å². The fraction of sp³-hybridized carbons (Fsp3) is 0.375. The number of fused-ring (bicyclic) bond motifs is 1. The van der Waals surface area contributed by atoms with E-state index < -0.39 is 0 Å². The zero-order valence-corrected chi connectivity index (χ0v) is 10.9. The first-order valence-electron chi connectivity index (χ1n) is 6.90. The average Bonchev–Trinajstić information content (AvgIpc) is 3.27. The number of benzene rings is 1. The van der Waals surface area contributed by atoms with Gasteiger partial charge in [-0.3, -0.25) is 0 Å². The molecule has 19 heavy (non-hydrogen) atoms. The third-order valence-corrected chi connectivity index (χ3v) is 3.62. The Bertz CT molecular complexity index is 623. The van der Waals surface area contributed by atoms with Gasteiger partial charge in [-0.2, -0.15) is 5.26 Å². The minimum atomic E-state index is 0.630. The van der Waals surface area contributed by atoms with Crippen LogP contribution in [0.2, 0.25) is 0 Å². The number of para-hydroxylation sites is 1. The summed E-state index contributed by atoms with van der Waals surface area (Å²) < 4.78 is 0. The van der Waals surface area contributed by atoms with E-state index in [0.29, 0.717) is 5.56 Å². The van der Waals surface area contributed by atoms with Crippen molar-refractivity contribution < 1.29 is 0 Å². The van der Waals surface area contributed by atoms with Gasteiger partial charge in [0.25, 0.3) is 0 Å². The first-order chi connectivity index (χ1) is 9.36. The van der Waals surface area contributed by atoms with Gasteiger partial charge in [-0.05, 0) is 30.9 Å². The van der Waals surface area contributed by atoms with Gasteiger partial charge >= 0.3 is 0 Å². The molecule has 3 heteroatoms. The highest BCUT2D eigenvalue weighted by Crippen LogP contribution is 2.33. The maximum Gasteiger partial charge on any atom is 0.144 e. The van der Waals surface area contributed by atoms with Gasteiger partial charge in [-0.25, -0.2) is 4.98 Å². The predicted molar refractivity (Wildman–Crippen MR) is 76.9 cm³/mol. The number of nitrogens with zero attached hydrogens (tertiary/aromatic N) is 2. The average molecular weight is 251 g/mol. The van der Waals surface area contributed by atoms with Crippen molar-refractivity contribution in [2.45, 2.75) is 25.7 Å². The van der Waals surface area contributed by atoms with E-state index >= 15 is 0 Å². The van der Waals surface area contributed by atoms with Gasteiger partial charge in [0.1, 0.15) is 11.9 Å². The minimum absolute atomic E-state index is 0.630. The van der Waals surface area contributed by atoms with Crippen molar-refractivity contribution in [2.75, 3.05) is 11.9 Å². The first-order valence-corrected chi connectivity index (χ1v) is 6.90. The van der Waals surface area contributed by atoms with Crippen LogP contribution in [0.1, 0.15) is 31.2 Å². The van der Waals surface area contributed by atoms with Crippen LogP contribution < -0.4 is 5.32 Å². The number of nitriles is 1. The lowest BCUT2D eigenvalue weighted by atomic mass is 10.1. The standard InChI is InChI=1S/C16H17N3/c17-11-14-10-13-5-1-2-6-15(13)19-16(14)18-9-3-4-12-7-8-12/h1-2,5-6,10,12H,3-4,7-9H2,(H,18,19). The molecule has 1 aliphatic carbocycles. The van der Waals surface area contributed by atoms with Crippen LogP contribution in [0.4, 0.5) is 5.82 Å². The van der Waals surface area contributed by atoms with Crippen LogP contribution >= 0.6 is 0 Å². The lowest BCUT2D eigenvalue weighted by Gasteiger charge is -2.08. The number of rotatable bonds is 5. The molecule has 0 radical (unpaired) electrons. The molecule has 3 rings (SSSR count). The summed E-state index contributed by atoms with van der Waals surface area (Å²) in [5.41, 5.74) is 1.57. The van der Waals surface area contributed by atoms with Crippen molar-refractivity contribution in [2.24, 2.45) is 5.92 Å². The van der Waals surface area contributed by atoms with Crippen molar-refractivity contribution in [3.05, 3.63) is 35.9 Å². The van der Waals surface area contributed by atoms with Crippen LogP contribution in [-0.4, -0.2) is 11.5 Å². The molecular formula is C16H17N3. The third kappa shape index (κ3) is 2.85. The molecule has 1 aromatic carbocycles. The molecule has 96 valence electrons. The van der Waals surface area contributed by atoms with E-state index in [-0.39, 0.29) is 0 Å². The van der Waals surface area contributed by atoms with Crippen LogP contribution in [0, 0.1) is 17.2 Å². The van der Waals surface area contributed by atoms with E-state index in [1.807, 2.05) is 30.3 Å². The minimum Gasteiger partial charge on any atom is -0.369 e. The maximum atomic E-state index is 9.20. The molecule has 1 aliphatic rings. The molecule has 0 bridgehead atoms. The van der Waals surface area contributed by atoms with Crippen molar-refractivity contribution in [3.63, 3.8) is 0 Å². The molecule has 1 saturated carbocycles. The second-order valence-corrected chi connectivity index (χ2v) is 5.20. The van der Waals surface area contributed by atoms with Crippen LogP contribution in [0.15, 0.2) is 30.3 Å². The van der Waals surface area contributed by atoms with Gasteiger partial charge in [-0.15, -0.1) is 0 Å². The largest absolute Gasteiger partial charge is 0.369 e. The monoisotopic (exact) mass is 251 g/mol. The third-order valence-electron chi connectivity index (χ3n) is 3.62. The zero-order valence-electron chi connectivity index (χ0n) is 10.9. The summed E-state index contributed by atoms with van der Waals surface area (Å²) in [4.78, 5) is 4.54. The molecule has 0 atom stereocenters. The Balaban J connectivity index is 1.74. The Morgan fingerprint density at radius 2 is 2.16 bits per heavy atom. The summed E-state index contributed by atoms with van der Waals surface area (Å²) in [5.74, 6) is 1.68. The zero-order chi connectivity index (χ0) is 13.1. The van der Waals surface area contributed by atoms with E-state index in [2.05, 4.69) is 16.4 Å². The Hall–Kier alpha value is -2.08.